The van der Waals surface area contributed by atoms with Gasteiger partial charge >= 0.3 is 6.09 Å². The molecule has 7 heteroatoms. The third kappa shape index (κ3) is 4.77. The zero-order valence-corrected chi connectivity index (χ0v) is 16.4. The molecule has 3 atom stereocenters. The highest BCUT2D eigenvalue weighted by molar-refractivity contribution is 5.85. The first-order valence-corrected chi connectivity index (χ1v) is 9.41. The van der Waals surface area contributed by atoms with Gasteiger partial charge in [-0.05, 0) is 51.8 Å². The molecule has 0 spiro atoms. The molecule has 1 aromatic carbocycles. The molecule has 0 aliphatic carbocycles. The lowest BCUT2D eigenvalue weighted by Gasteiger charge is -2.35. The molecule has 2 heterocycles. The molecule has 27 heavy (non-hydrogen) atoms. The highest BCUT2D eigenvalue weighted by atomic mass is 19.1. The van der Waals surface area contributed by atoms with Crippen molar-refractivity contribution in [1.82, 2.24) is 15.1 Å². The number of nitrogens with zero attached hydrogens (tertiary/aromatic N) is 2. The molecule has 2 unspecified atom stereocenters. The normalized spacial score (nSPS) is 23.6. The van der Waals surface area contributed by atoms with E-state index in [4.69, 9.17) is 4.74 Å². The van der Waals surface area contributed by atoms with Crippen molar-refractivity contribution in [3.05, 3.63) is 35.6 Å². The predicted molar refractivity (Wildman–Crippen MR) is 99.5 cm³/mol. The van der Waals surface area contributed by atoms with E-state index in [0.29, 0.717) is 13.1 Å². The van der Waals surface area contributed by atoms with Crippen molar-refractivity contribution >= 4 is 12.0 Å². The average molecular weight is 377 g/mol. The van der Waals surface area contributed by atoms with Gasteiger partial charge in [-0.25, -0.2) is 9.18 Å². The van der Waals surface area contributed by atoms with Crippen LogP contribution in [-0.4, -0.2) is 58.6 Å². The second-order valence-electron chi connectivity index (χ2n) is 8.50. The first kappa shape index (κ1) is 19.6. The number of carbonyl (C=O) groups excluding carboxylic acids is 2. The number of benzene rings is 1. The monoisotopic (exact) mass is 377 g/mol. The number of hydrogen-bond acceptors (Lipinski definition) is 4. The molecule has 0 radical (unpaired) electrons. The summed E-state index contributed by atoms with van der Waals surface area (Å²) in [5.74, 6) is -0.201. The van der Waals surface area contributed by atoms with Crippen LogP contribution in [0.5, 0.6) is 0 Å². The van der Waals surface area contributed by atoms with Gasteiger partial charge in [0.1, 0.15) is 11.4 Å². The van der Waals surface area contributed by atoms with Crippen molar-refractivity contribution < 1.29 is 18.7 Å². The number of piperazine rings is 1. The van der Waals surface area contributed by atoms with Crippen LogP contribution in [0.3, 0.4) is 0 Å². The van der Waals surface area contributed by atoms with E-state index in [9.17, 15) is 14.0 Å². The van der Waals surface area contributed by atoms with Crippen LogP contribution in [0.15, 0.2) is 24.3 Å². The van der Waals surface area contributed by atoms with Gasteiger partial charge in [-0.2, -0.15) is 0 Å². The summed E-state index contributed by atoms with van der Waals surface area (Å²) in [5, 5.41) is 2.83. The number of nitrogens with one attached hydrogen (secondary N) is 1. The van der Waals surface area contributed by atoms with Crippen LogP contribution in [0.4, 0.5) is 9.18 Å². The third-order valence-corrected chi connectivity index (χ3v) is 4.90. The molecule has 2 aliphatic rings. The van der Waals surface area contributed by atoms with Gasteiger partial charge in [-0.3, -0.25) is 9.69 Å². The van der Waals surface area contributed by atoms with Gasteiger partial charge in [0, 0.05) is 31.7 Å². The minimum atomic E-state index is -0.538. The van der Waals surface area contributed by atoms with Crippen molar-refractivity contribution in [1.29, 1.82) is 0 Å². The van der Waals surface area contributed by atoms with E-state index >= 15 is 0 Å². The smallest absolute Gasteiger partial charge is 0.407 e. The Bertz CT molecular complexity index is 719. The summed E-state index contributed by atoms with van der Waals surface area (Å²) in [6.07, 6.45) is 0.339. The Morgan fingerprint density at radius 2 is 2.15 bits per heavy atom. The van der Waals surface area contributed by atoms with Crippen molar-refractivity contribution in [3.63, 3.8) is 0 Å². The Morgan fingerprint density at radius 3 is 2.78 bits per heavy atom. The second kappa shape index (κ2) is 7.46. The van der Waals surface area contributed by atoms with Gasteiger partial charge in [0.05, 0.1) is 6.04 Å². The van der Waals surface area contributed by atoms with Gasteiger partial charge in [-0.1, -0.05) is 12.1 Å². The molecule has 1 N–H and O–H groups in total. The molecule has 6 nitrogen and oxygen atoms in total. The van der Waals surface area contributed by atoms with Gasteiger partial charge in [0.25, 0.3) is 0 Å². The molecule has 2 saturated heterocycles. The molecule has 2 aliphatic heterocycles. The Morgan fingerprint density at radius 1 is 1.41 bits per heavy atom. The fourth-order valence-corrected chi connectivity index (χ4v) is 3.88. The fraction of sp³-hybridized carbons (Fsp3) is 0.600. The van der Waals surface area contributed by atoms with E-state index in [1.54, 1.807) is 6.07 Å². The zero-order chi connectivity index (χ0) is 19.8. The number of alkyl carbamates (subject to hydrolysis) is 1. The number of rotatable bonds is 5. The number of amides is 2. The fourth-order valence-electron chi connectivity index (χ4n) is 3.88. The predicted octanol–water partition coefficient (Wildman–Crippen LogP) is 2.52. The van der Waals surface area contributed by atoms with Crippen LogP contribution in [0, 0.1) is 5.82 Å². The summed E-state index contributed by atoms with van der Waals surface area (Å²) in [7, 11) is 0. The maximum atomic E-state index is 13.4. The standard InChI is InChI=1S/C20H28FN3O3/c1-13(22-19(26)27-20(2,3)4)10-23-12-16-9-17(23)18(25)24(16)11-14-6-5-7-15(21)8-14/h5-8,13,16-17H,9-12H2,1-4H3,(H,22,26)/t13-,16?,17?/m0/s1. The van der Waals surface area contributed by atoms with Crippen LogP contribution < -0.4 is 5.32 Å². The van der Waals surface area contributed by atoms with Crippen molar-refractivity contribution in [2.75, 3.05) is 13.1 Å². The second-order valence-corrected chi connectivity index (χ2v) is 8.50. The first-order chi connectivity index (χ1) is 12.6. The van der Waals surface area contributed by atoms with Crippen LogP contribution in [0.25, 0.3) is 0 Å². The number of ether oxygens (including phenoxy) is 1. The summed E-state index contributed by atoms with van der Waals surface area (Å²) in [6.45, 7) is 9.18. The van der Waals surface area contributed by atoms with Crippen LogP contribution in [0.2, 0.25) is 0 Å². The molecule has 1 aromatic rings. The highest BCUT2D eigenvalue weighted by Crippen LogP contribution is 2.33. The summed E-state index contributed by atoms with van der Waals surface area (Å²) in [6, 6.07) is 6.24. The maximum absolute atomic E-state index is 13.4. The number of halogens is 1. The first-order valence-electron chi connectivity index (χ1n) is 9.41. The molecule has 3 rings (SSSR count). The Labute approximate surface area is 159 Å². The van der Waals surface area contributed by atoms with Crippen molar-refractivity contribution in [2.45, 2.75) is 64.4 Å². The lowest BCUT2D eigenvalue weighted by atomic mass is 10.2. The average Bonchev–Trinajstić information content (AvgIpc) is 3.04. The number of carbonyl (C=O) groups is 2. The van der Waals surface area contributed by atoms with E-state index in [1.807, 2.05) is 38.7 Å². The SMILES string of the molecule is C[C@@H](CN1CC2CC1C(=O)N2Cc1cccc(F)c1)NC(=O)OC(C)(C)C. The molecular formula is C20H28FN3O3. The van der Waals surface area contributed by atoms with E-state index in [0.717, 1.165) is 18.5 Å². The van der Waals surface area contributed by atoms with E-state index < -0.39 is 11.7 Å². The Balaban J connectivity index is 1.52. The lowest BCUT2D eigenvalue weighted by Crippen LogP contribution is -2.53. The van der Waals surface area contributed by atoms with Crippen LogP contribution >= 0.6 is 0 Å². The molecule has 148 valence electrons. The zero-order valence-electron chi connectivity index (χ0n) is 16.4. The van der Waals surface area contributed by atoms with Crippen LogP contribution in [0.1, 0.15) is 39.7 Å². The summed E-state index contributed by atoms with van der Waals surface area (Å²) >= 11 is 0. The molecular weight excluding hydrogens is 349 g/mol. The quantitative estimate of drug-likeness (QED) is 0.857. The number of hydrogen-bond donors (Lipinski definition) is 1. The van der Waals surface area contributed by atoms with Crippen LogP contribution in [-0.2, 0) is 16.1 Å². The largest absolute Gasteiger partial charge is 0.444 e. The van der Waals surface area contributed by atoms with Crippen molar-refractivity contribution in [3.8, 4) is 0 Å². The van der Waals surface area contributed by atoms with Gasteiger partial charge in [-0.15, -0.1) is 0 Å². The highest BCUT2D eigenvalue weighted by Gasteiger charge is 2.49. The molecule has 2 fully saturated rings. The third-order valence-electron chi connectivity index (χ3n) is 4.90. The molecule has 0 saturated carbocycles. The summed E-state index contributed by atoms with van der Waals surface area (Å²) in [4.78, 5) is 28.6. The minimum absolute atomic E-state index is 0.0833. The Hall–Kier alpha value is -2.15. The van der Waals surface area contributed by atoms with E-state index in [-0.39, 0.29) is 29.8 Å². The molecule has 2 amide bonds. The minimum Gasteiger partial charge on any atom is -0.444 e. The topological polar surface area (TPSA) is 61.9 Å². The summed E-state index contributed by atoms with van der Waals surface area (Å²) in [5.41, 5.74) is 0.270. The van der Waals surface area contributed by atoms with E-state index in [2.05, 4.69) is 10.2 Å². The molecule has 0 aromatic heterocycles. The Kier molecular flexibility index (Phi) is 5.42. The maximum Gasteiger partial charge on any atom is 0.407 e. The van der Waals surface area contributed by atoms with Gasteiger partial charge in [0.2, 0.25) is 5.91 Å². The van der Waals surface area contributed by atoms with Crippen molar-refractivity contribution in [2.24, 2.45) is 0 Å². The number of fused-ring (bicyclic) bond motifs is 2. The van der Waals surface area contributed by atoms with Gasteiger partial charge in [0.15, 0.2) is 0 Å². The van der Waals surface area contributed by atoms with Gasteiger partial charge < -0.3 is 15.0 Å². The lowest BCUT2D eigenvalue weighted by molar-refractivity contribution is -0.137. The molecule has 2 bridgehead atoms. The number of likely N-dealkylation sites (tertiary alicyclic amines) is 2. The summed E-state index contributed by atoms with van der Waals surface area (Å²) < 4.78 is 18.7. The van der Waals surface area contributed by atoms with E-state index in [1.165, 1.54) is 12.1 Å².